The van der Waals surface area contributed by atoms with E-state index in [1.165, 1.54) is 16.7 Å². The Morgan fingerprint density at radius 2 is 1.81 bits per heavy atom. The van der Waals surface area contributed by atoms with Crippen molar-refractivity contribution in [3.63, 3.8) is 0 Å². The van der Waals surface area contributed by atoms with E-state index in [2.05, 4.69) is 36.9 Å². The third kappa shape index (κ3) is 5.81. The molecule has 0 aliphatic carbocycles. The maximum absolute atomic E-state index is 11.6. The fraction of sp³-hybridized carbons (Fsp3) is 0.500. The van der Waals surface area contributed by atoms with Gasteiger partial charge in [-0.3, -0.25) is 9.69 Å². The third-order valence-corrected chi connectivity index (χ3v) is 6.42. The fourth-order valence-electron chi connectivity index (χ4n) is 4.37. The topological polar surface area (TPSA) is 62.2 Å². The van der Waals surface area contributed by atoms with Gasteiger partial charge >= 0.3 is 0 Å². The molecule has 2 aromatic carbocycles. The lowest BCUT2D eigenvalue weighted by molar-refractivity contribution is -0.127. The number of aryl methyl sites for hydroxylation is 2. The number of rotatable bonds is 9. The molecule has 0 radical (unpaired) electrons. The van der Waals surface area contributed by atoms with Crippen molar-refractivity contribution in [2.24, 2.45) is 0 Å². The van der Waals surface area contributed by atoms with E-state index >= 15 is 0 Å². The molecule has 1 amide bonds. The highest BCUT2D eigenvalue weighted by Gasteiger charge is 2.33. The van der Waals surface area contributed by atoms with Crippen LogP contribution in [0.4, 0.5) is 0 Å². The normalized spacial score (nSPS) is 21.3. The van der Waals surface area contributed by atoms with Gasteiger partial charge in [-0.05, 0) is 67.6 Å². The molecule has 0 bridgehead atoms. The van der Waals surface area contributed by atoms with Gasteiger partial charge in [-0.2, -0.15) is 0 Å². The first-order chi connectivity index (χ1) is 15.5. The Labute approximate surface area is 190 Å². The summed E-state index contributed by atoms with van der Waals surface area (Å²) >= 11 is 0. The van der Waals surface area contributed by atoms with Crippen LogP contribution in [0.2, 0.25) is 0 Å². The molecule has 0 unspecified atom stereocenters. The molecule has 0 spiro atoms. The molecule has 172 valence electrons. The molecule has 2 fully saturated rings. The predicted molar refractivity (Wildman–Crippen MR) is 124 cm³/mol. The Kier molecular flexibility index (Phi) is 7.33. The largest absolute Gasteiger partial charge is 0.494 e. The average molecular weight is 439 g/mol. The number of ether oxygens (including phenoxy) is 2. The number of aliphatic hydroxyl groups is 1. The number of likely N-dealkylation sites (tertiary alicyclic amines) is 2. The van der Waals surface area contributed by atoms with E-state index < -0.39 is 6.10 Å². The van der Waals surface area contributed by atoms with Gasteiger partial charge in [0.1, 0.15) is 23.7 Å². The summed E-state index contributed by atoms with van der Waals surface area (Å²) in [6, 6.07) is 14.2. The van der Waals surface area contributed by atoms with Crippen molar-refractivity contribution in [1.29, 1.82) is 0 Å². The molecule has 0 saturated carbocycles. The van der Waals surface area contributed by atoms with Crippen molar-refractivity contribution < 1.29 is 19.4 Å². The van der Waals surface area contributed by atoms with Crippen LogP contribution in [0.1, 0.15) is 36.0 Å². The minimum Gasteiger partial charge on any atom is -0.494 e. The van der Waals surface area contributed by atoms with Crippen LogP contribution in [-0.2, 0) is 11.3 Å². The van der Waals surface area contributed by atoms with Crippen LogP contribution in [0.25, 0.3) is 0 Å². The second-order valence-corrected chi connectivity index (χ2v) is 8.99. The smallest absolute Gasteiger partial charge is 0.222 e. The summed E-state index contributed by atoms with van der Waals surface area (Å²) in [6.07, 6.45) is 1.80. The first kappa shape index (κ1) is 22.6. The van der Waals surface area contributed by atoms with Gasteiger partial charge in [0.05, 0.1) is 6.61 Å². The fourth-order valence-corrected chi connectivity index (χ4v) is 4.37. The van der Waals surface area contributed by atoms with Crippen molar-refractivity contribution in [2.45, 2.75) is 51.9 Å². The van der Waals surface area contributed by atoms with E-state index in [4.69, 9.17) is 9.47 Å². The predicted octanol–water partition coefficient (Wildman–Crippen LogP) is 3.32. The summed E-state index contributed by atoms with van der Waals surface area (Å²) in [7, 11) is 0. The van der Waals surface area contributed by atoms with Crippen LogP contribution >= 0.6 is 0 Å². The summed E-state index contributed by atoms with van der Waals surface area (Å²) in [4.78, 5) is 15.8. The summed E-state index contributed by atoms with van der Waals surface area (Å²) in [5, 5.41) is 10.5. The summed E-state index contributed by atoms with van der Waals surface area (Å²) < 4.78 is 11.9. The molecule has 2 aliphatic heterocycles. The van der Waals surface area contributed by atoms with Gasteiger partial charge in [-0.1, -0.05) is 18.2 Å². The van der Waals surface area contributed by atoms with E-state index in [0.717, 1.165) is 44.0 Å². The van der Waals surface area contributed by atoms with Crippen molar-refractivity contribution in [2.75, 3.05) is 32.8 Å². The first-order valence-corrected chi connectivity index (χ1v) is 11.6. The quantitative estimate of drug-likeness (QED) is 0.609. The van der Waals surface area contributed by atoms with Gasteiger partial charge < -0.3 is 19.5 Å². The SMILES string of the molecule is Cc1ccc(O[C@H]2CN(Cc3ccc(OCCCN4CCCC4=O)cc3)C[C@@H]2O)cc1C. The van der Waals surface area contributed by atoms with Crippen LogP contribution in [-0.4, -0.2) is 65.8 Å². The zero-order valence-electron chi connectivity index (χ0n) is 19.1. The van der Waals surface area contributed by atoms with E-state index in [0.29, 0.717) is 26.1 Å². The number of β-amino-alcohol motifs (C(OH)–C–C–N with tert-alkyl or cyclic N) is 1. The van der Waals surface area contributed by atoms with Gasteiger partial charge in [0.25, 0.3) is 0 Å². The van der Waals surface area contributed by atoms with Crippen molar-refractivity contribution in [3.8, 4) is 11.5 Å². The number of amides is 1. The molecule has 2 atom stereocenters. The van der Waals surface area contributed by atoms with Crippen LogP contribution in [0.5, 0.6) is 11.5 Å². The number of aliphatic hydroxyl groups excluding tert-OH is 1. The van der Waals surface area contributed by atoms with Crippen LogP contribution < -0.4 is 9.47 Å². The van der Waals surface area contributed by atoms with Crippen molar-refractivity contribution in [3.05, 3.63) is 59.2 Å². The minimum absolute atomic E-state index is 0.220. The highest BCUT2D eigenvalue weighted by molar-refractivity contribution is 5.77. The van der Waals surface area contributed by atoms with Crippen molar-refractivity contribution >= 4 is 5.91 Å². The van der Waals surface area contributed by atoms with Crippen LogP contribution in [0.3, 0.4) is 0 Å². The second kappa shape index (κ2) is 10.4. The standard InChI is InChI=1S/C26H34N2O4/c1-19-6-9-23(15-20(19)2)32-25-18-27(17-24(25)29)16-21-7-10-22(11-8-21)31-14-4-13-28-12-3-5-26(28)30/h6-11,15,24-25,29H,3-5,12-14,16-18H2,1-2H3/t24-,25-/m0/s1. The van der Waals surface area contributed by atoms with Gasteiger partial charge in [0.15, 0.2) is 0 Å². The Bertz CT molecular complexity index is 915. The lowest BCUT2D eigenvalue weighted by Gasteiger charge is -2.18. The molecule has 1 N–H and O–H groups in total. The second-order valence-electron chi connectivity index (χ2n) is 8.99. The Hall–Kier alpha value is -2.57. The van der Waals surface area contributed by atoms with Gasteiger partial charge in [-0.15, -0.1) is 0 Å². The zero-order valence-corrected chi connectivity index (χ0v) is 19.1. The number of hydrogen-bond acceptors (Lipinski definition) is 5. The summed E-state index contributed by atoms with van der Waals surface area (Å²) in [6.45, 7) is 8.49. The Morgan fingerprint density at radius 1 is 1.03 bits per heavy atom. The molecule has 0 aromatic heterocycles. The number of benzene rings is 2. The molecule has 2 saturated heterocycles. The lowest BCUT2D eigenvalue weighted by Crippen LogP contribution is -2.29. The molecule has 6 nitrogen and oxygen atoms in total. The minimum atomic E-state index is -0.498. The van der Waals surface area contributed by atoms with E-state index in [9.17, 15) is 9.90 Å². The number of carbonyl (C=O) groups is 1. The van der Waals surface area contributed by atoms with Gasteiger partial charge in [-0.25, -0.2) is 0 Å². The Morgan fingerprint density at radius 3 is 2.53 bits per heavy atom. The van der Waals surface area contributed by atoms with Crippen LogP contribution in [0.15, 0.2) is 42.5 Å². The highest BCUT2D eigenvalue weighted by Crippen LogP contribution is 2.23. The molecular weight excluding hydrogens is 404 g/mol. The highest BCUT2D eigenvalue weighted by atomic mass is 16.5. The molecule has 2 aromatic rings. The molecular formula is C26H34N2O4. The first-order valence-electron chi connectivity index (χ1n) is 11.6. The third-order valence-electron chi connectivity index (χ3n) is 6.42. The monoisotopic (exact) mass is 438 g/mol. The zero-order chi connectivity index (χ0) is 22.5. The maximum Gasteiger partial charge on any atom is 0.222 e. The van der Waals surface area contributed by atoms with Gasteiger partial charge in [0, 0.05) is 39.1 Å². The van der Waals surface area contributed by atoms with E-state index in [1.54, 1.807) is 0 Å². The molecule has 2 aliphatic rings. The number of nitrogens with zero attached hydrogens (tertiary/aromatic N) is 2. The average Bonchev–Trinajstić information content (AvgIpc) is 3.34. The van der Waals surface area contributed by atoms with E-state index in [1.807, 2.05) is 29.2 Å². The van der Waals surface area contributed by atoms with Crippen LogP contribution in [0, 0.1) is 13.8 Å². The summed E-state index contributed by atoms with van der Waals surface area (Å²) in [5.74, 6) is 1.93. The van der Waals surface area contributed by atoms with E-state index in [-0.39, 0.29) is 12.0 Å². The molecule has 4 rings (SSSR count). The summed E-state index contributed by atoms with van der Waals surface area (Å²) in [5.41, 5.74) is 3.61. The van der Waals surface area contributed by atoms with Crippen molar-refractivity contribution in [1.82, 2.24) is 9.80 Å². The Balaban J connectivity index is 1.21. The maximum atomic E-state index is 11.6. The number of hydrogen-bond donors (Lipinski definition) is 1. The molecule has 32 heavy (non-hydrogen) atoms. The molecule has 6 heteroatoms. The number of carbonyl (C=O) groups excluding carboxylic acids is 1. The lowest BCUT2D eigenvalue weighted by atomic mass is 10.1. The van der Waals surface area contributed by atoms with Gasteiger partial charge in [0.2, 0.25) is 5.91 Å². The molecule has 2 heterocycles.